The van der Waals surface area contributed by atoms with Crippen LogP contribution >= 0.6 is 11.6 Å². The van der Waals surface area contributed by atoms with Crippen LogP contribution in [0, 0.1) is 5.82 Å². The van der Waals surface area contributed by atoms with E-state index in [2.05, 4.69) is 19.9 Å². The van der Waals surface area contributed by atoms with Gasteiger partial charge < -0.3 is 9.47 Å². The highest BCUT2D eigenvalue weighted by molar-refractivity contribution is 6.30. The molecule has 2 aromatic rings. The van der Waals surface area contributed by atoms with E-state index in [0.717, 1.165) is 45.1 Å². The lowest BCUT2D eigenvalue weighted by atomic mass is 9.95. The minimum Gasteiger partial charge on any atom is -0.461 e. The first kappa shape index (κ1) is 27.1. The Balaban J connectivity index is 1.54. The summed E-state index contributed by atoms with van der Waals surface area (Å²) < 4.78 is 41.3. The Kier molecular flexibility index (Phi) is 7.52. The molecule has 3 fully saturated rings. The van der Waals surface area contributed by atoms with E-state index in [1.807, 2.05) is 20.8 Å². The first-order valence-electron chi connectivity index (χ1n) is 13.4. The summed E-state index contributed by atoms with van der Waals surface area (Å²) in [7, 11) is 0. The van der Waals surface area contributed by atoms with Crippen LogP contribution in [-0.2, 0) is 4.74 Å². The molecule has 0 aromatic carbocycles. The van der Waals surface area contributed by atoms with Gasteiger partial charge in [-0.05, 0) is 53.0 Å². The second-order valence-corrected chi connectivity index (χ2v) is 11.8. The van der Waals surface area contributed by atoms with Gasteiger partial charge in [0.1, 0.15) is 23.9 Å². The molecule has 3 saturated heterocycles. The van der Waals surface area contributed by atoms with Crippen molar-refractivity contribution in [2.24, 2.45) is 0 Å². The van der Waals surface area contributed by atoms with E-state index in [4.69, 9.17) is 21.1 Å². The smallest absolute Gasteiger partial charge is 0.429 e. The van der Waals surface area contributed by atoms with Gasteiger partial charge in [-0.15, -0.1) is 0 Å². The second kappa shape index (κ2) is 10.6. The lowest BCUT2D eigenvalue weighted by Crippen LogP contribution is -2.50. The molecular weight excluding hydrogens is 518 g/mol. The number of fused-ring (bicyclic) bond motifs is 2. The summed E-state index contributed by atoms with van der Waals surface area (Å²) in [6.45, 7) is 7.70. The van der Waals surface area contributed by atoms with Crippen LogP contribution in [0.15, 0.2) is 6.20 Å². The normalized spacial score (nSPS) is 24.8. The standard InChI is InChI=1S/C26H35ClF2N6O3/c1-25(2,3)38-24(36)35-12-7-5-4-6-11-34(35)22-18-14-30-21(27)19(29)20(18)31-23(32-22)37-16-26-9-8-10-33(26)15-17(28)13-26/h14,17H,4-13,15-16H2,1-3H3/t17-,26+/m1/s1. The highest BCUT2D eigenvalue weighted by Gasteiger charge is 2.49. The Morgan fingerprint density at radius 3 is 2.68 bits per heavy atom. The predicted molar refractivity (Wildman–Crippen MR) is 140 cm³/mol. The van der Waals surface area contributed by atoms with E-state index < -0.39 is 29.2 Å². The molecule has 12 heteroatoms. The Morgan fingerprint density at radius 2 is 1.92 bits per heavy atom. The number of carbonyl (C=O) groups is 1. The fourth-order valence-corrected chi connectivity index (χ4v) is 5.89. The third-order valence-electron chi connectivity index (χ3n) is 7.46. The summed E-state index contributed by atoms with van der Waals surface area (Å²) in [4.78, 5) is 28.4. The molecule has 208 valence electrons. The van der Waals surface area contributed by atoms with E-state index in [9.17, 15) is 9.18 Å². The van der Waals surface area contributed by atoms with Crippen LogP contribution in [-0.4, -0.2) is 81.1 Å². The molecule has 3 aliphatic heterocycles. The number of hydrazine groups is 1. The molecule has 2 aromatic heterocycles. The summed E-state index contributed by atoms with van der Waals surface area (Å²) >= 11 is 6.01. The molecule has 9 nitrogen and oxygen atoms in total. The van der Waals surface area contributed by atoms with E-state index >= 15 is 4.39 Å². The molecule has 0 aliphatic carbocycles. The van der Waals surface area contributed by atoms with Crippen molar-refractivity contribution in [3.05, 3.63) is 17.2 Å². The van der Waals surface area contributed by atoms with Crippen molar-refractivity contribution in [3.63, 3.8) is 0 Å². The number of hydrogen-bond acceptors (Lipinski definition) is 8. The van der Waals surface area contributed by atoms with Crippen LogP contribution in [0.1, 0.15) is 65.7 Å². The number of ether oxygens (including phenoxy) is 2. The van der Waals surface area contributed by atoms with Gasteiger partial charge in [0.25, 0.3) is 0 Å². The Morgan fingerprint density at radius 1 is 1.16 bits per heavy atom. The summed E-state index contributed by atoms with van der Waals surface area (Å²) in [6, 6.07) is -0.0524. The quantitative estimate of drug-likeness (QED) is 0.472. The van der Waals surface area contributed by atoms with Crippen LogP contribution < -0.4 is 9.75 Å². The zero-order chi connectivity index (χ0) is 27.1. The van der Waals surface area contributed by atoms with Gasteiger partial charge in [0.15, 0.2) is 16.8 Å². The van der Waals surface area contributed by atoms with Gasteiger partial charge in [-0.1, -0.05) is 24.4 Å². The molecule has 5 rings (SSSR count). The topological polar surface area (TPSA) is 83.9 Å². The van der Waals surface area contributed by atoms with Crippen LogP contribution in [0.5, 0.6) is 6.01 Å². The lowest BCUT2D eigenvalue weighted by Gasteiger charge is -2.38. The molecular formula is C26H35ClF2N6O3. The molecule has 1 amide bonds. The van der Waals surface area contributed by atoms with Crippen molar-refractivity contribution in [1.29, 1.82) is 0 Å². The summed E-state index contributed by atoms with van der Waals surface area (Å²) in [6.07, 6.45) is 5.69. The average molecular weight is 553 g/mol. The summed E-state index contributed by atoms with van der Waals surface area (Å²) in [5.74, 6) is -0.504. The zero-order valence-corrected chi connectivity index (χ0v) is 22.9. The second-order valence-electron chi connectivity index (χ2n) is 11.5. The third kappa shape index (κ3) is 5.45. The number of anilines is 1. The first-order valence-corrected chi connectivity index (χ1v) is 13.8. The number of halogens is 3. The number of carbonyl (C=O) groups excluding carboxylic acids is 1. The van der Waals surface area contributed by atoms with Crippen LogP contribution in [0.4, 0.5) is 19.4 Å². The van der Waals surface area contributed by atoms with Crippen LogP contribution in [0.3, 0.4) is 0 Å². The summed E-state index contributed by atoms with van der Waals surface area (Å²) in [5, 5.41) is 3.22. The molecule has 2 atom stereocenters. The van der Waals surface area contributed by atoms with Crippen molar-refractivity contribution in [2.75, 3.05) is 37.8 Å². The number of amides is 1. The number of aromatic nitrogens is 3. The van der Waals surface area contributed by atoms with E-state index in [0.29, 0.717) is 31.4 Å². The van der Waals surface area contributed by atoms with Gasteiger partial charge >= 0.3 is 12.1 Å². The number of nitrogens with zero attached hydrogens (tertiary/aromatic N) is 6. The maximum atomic E-state index is 15.2. The zero-order valence-electron chi connectivity index (χ0n) is 22.2. The minimum atomic E-state index is -0.905. The largest absolute Gasteiger partial charge is 0.461 e. The lowest BCUT2D eigenvalue weighted by molar-refractivity contribution is 0.0211. The highest BCUT2D eigenvalue weighted by atomic mass is 35.5. The van der Waals surface area contributed by atoms with Gasteiger partial charge in [-0.3, -0.25) is 9.91 Å². The number of rotatable bonds is 4. The molecule has 0 unspecified atom stereocenters. The summed E-state index contributed by atoms with van der Waals surface area (Å²) in [5.41, 5.74) is -1.17. The monoisotopic (exact) mass is 552 g/mol. The molecule has 0 N–H and O–H groups in total. The molecule has 3 aliphatic rings. The molecule has 5 heterocycles. The van der Waals surface area contributed by atoms with Crippen molar-refractivity contribution in [2.45, 2.75) is 83.0 Å². The Labute approximate surface area is 226 Å². The minimum absolute atomic E-state index is 0.0493. The Bertz CT molecular complexity index is 1200. The van der Waals surface area contributed by atoms with Gasteiger partial charge in [0.05, 0.1) is 10.9 Å². The molecule has 38 heavy (non-hydrogen) atoms. The maximum absolute atomic E-state index is 15.2. The fraction of sp³-hybridized carbons (Fsp3) is 0.692. The number of alkyl halides is 1. The Hall–Kier alpha value is -2.53. The van der Waals surface area contributed by atoms with E-state index in [1.54, 1.807) is 5.01 Å². The predicted octanol–water partition coefficient (Wildman–Crippen LogP) is 5.31. The highest BCUT2D eigenvalue weighted by Crippen LogP contribution is 2.40. The van der Waals surface area contributed by atoms with Crippen molar-refractivity contribution in [3.8, 4) is 6.01 Å². The van der Waals surface area contributed by atoms with Crippen molar-refractivity contribution < 1.29 is 23.0 Å². The maximum Gasteiger partial charge on any atom is 0.429 e. The third-order valence-corrected chi connectivity index (χ3v) is 7.73. The van der Waals surface area contributed by atoms with Crippen LogP contribution in [0.2, 0.25) is 5.15 Å². The molecule has 0 radical (unpaired) electrons. The molecule has 0 spiro atoms. The SMILES string of the molecule is CC(C)(C)OC(=O)N1CCCCCCN1c1nc(OC[C@@]23CCCN2C[C@H](F)C3)nc2c(F)c(Cl)ncc12. The van der Waals surface area contributed by atoms with E-state index in [-0.39, 0.29) is 29.1 Å². The fourth-order valence-electron chi connectivity index (χ4n) is 5.75. The number of pyridine rings is 1. The van der Waals surface area contributed by atoms with Crippen molar-refractivity contribution >= 4 is 34.4 Å². The average Bonchev–Trinajstić information content (AvgIpc) is 3.34. The van der Waals surface area contributed by atoms with Gasteiger partial charge in [-0.2, -0.15) is 9.97 Å². The van der Waals surface area contributed by atoms with Gasteiger partial charge in [0, 0.05) is 32.3 Å². The van der Waals surface area contributed by atoms with Crippen molar-refractivity contribution in [1.82, 2.24) is 24.9 Å². The van der Waals surface area contributed by atoms with Gasteiger partial charge in [0.2, 0.25) is 0 Å². The first-order chi connectivity index (χ1) is 18.1. The van der Waals surface area contributed by atoms with Crippen LogP contribution in [0.25, 0.3) is 10.9 Å². The van der Waals surface area contributed by atoms with E-state index in [1.165, 1.54) is 11.2 Å². The number of hydrogen-bond donors (Lipinski definition) is 0. The molecule has 0 saturated carbocycles. The molecule has 0 bridgehead atoms. The van der Waals surface area contributed by atoms with Gasteiger partial charge in [-0.25, -0.2) is 23.6 Å².